The normalized spacial score (nSPS) is 18.9. The van der Waals surface area contributed by atoms with E-state index in [4.69, 9.17) is 5.73 Å². The zero-order valence-electron chi connectivity index (χ0n) is 8.40. The Hall–Kier alpha value is -0.700. The first-order valence-corrected chi connectivity index (χ1v) is 6.20. The highest BCUT2D eigenvalue weighted by molar-refractivity contribution is 7.87. The smallest absolute Gasteiger partial charge is 0.279 e. The first-order chi connectivity index (χ1) is 7.02. The van der Waals surface area contributed by atoms with E-state index in [0.29, 0.717) is 26.2 Å². The largest absolute Gasteiger partial charge is 0.370 e. The van der Waals surface area contributed by atoms with Crippen molar-refractivity contribution in [1.82, 2.24) is 14.3 Å². The van der Waals surface area contributed by atoms with E-state index in [2.05, 4.69) is 10.0 Å². The minimum atomic E-state index is -3.44. The van der Waals surface area contributed by atoms with Crippen LogP contribution in [0.25, 0.3) is 0 Å². The van der Waals surface area contributed by atoms with Gasteiger partial charge in [-0.2, -0.15) is 12.7 Å². The van der Waals surface area contributed by atoms with E-state index in [1.165, 1.54) is 4.31 Å². The molecule has 1 aliphatic rings. The SMILES string of the molecule is NC(=O)CCNS(=O)(=O)N1CCNCC1. The van der Waals surface area contributed by atoms with Gasteiger partial charge >= 0.3 is 0 Å². The molecule has 0 aromatic heterocycles. The summed E-state index contributed by atoms with van der Waals surface area (Å²) in [5, 5.41) is 3.05. The highest BCUT2D eigenvalue weighted by atomic mass is 32.2. The molecule has 15 heavy (non-hydrogen) atoms. The molecule has 0 unspecified atom stereocenters. The Morgan fingerprint density at radius 2 is 2.00 bits per heavy atom. The fraction of sp³-hybridized carbons (Fsp3) is 0.857. The summed E-state index contributed by atoms with van der Waals surface area (Å²) in [6.45, 7) is 2.26. The van der Waals surface area contributed by atoms with E-state index in [1.54, 1.807) is 0 Å². The van der Waals surface area contributed by atoms with Gasteiger partial charge in [-0.1, -0.05) is 0 Å². The van der Waals surface area contributed by atoms with Crippen LogP contribution < -0.4 is 15.8 Å². The highest BCUT2D eigenvalue weighted by Crippen LogP contribution is 1.99. The Bertz CT molecular complexity index is 310. The fourth-order valence-electron chi connectivity index (χ4n) is 1.28. The monoisotopic (exact) mass is 236 g/mol. The van der Waals surface area contributed by atoms with Crippen molar-refractivity contribution in [2.24, 2.45) is 5.73 Å². The van der Waals surface area contributed by atoms with Gasteiger partial charge in [0.05, 0.1) is 0 Å². The van der Waals surface area contributed by atoms with Gasteiger partial charge in [-0.25, -0.2) is 4.72 Å². The van der Waals surface area contributed by atoms with Crippen molar-refractivity contribution in [2.75, 3.05) is 32.7 Å². The predicted octanol–water partition coefficient (Wildman–Crippen LogP) is -2.40. The summed E-state index contributed by atoms with van der Waals surface area (Å²) in [7, 11) is -3.44. The fourth-order valence-corrected chi connectivity index (χ4v) is 2.49. The Balaban J connectivity index is 2.40. The van der Waals surface area contributed by atoms with Crippen LogP contribution in [0.3, 0.4) is 0 Å². The number of rotatable bonds is 5. The number of hydrogen-bond acceptors (Lipinski definition) is 4. The molecule has 0 spiro atoms. The lowest BCUT2D eigenvalue weighted by atomic mass is 10.4. The summed E-state index contributed by atoms with van der Waals surface area (Å²) in [5.41, 5.74) is 4.90. The lowest BCUT2D eigenvalue weighted by molar-refractivity contribution is -0.117. The number of nitrogens with two attached hydrogens (primary N) is 1. The van der Waals surface area contributed by atoms with Crippen LogP contribution in [0.2, 0.25) is 0 Å². The summed E-state index contributed by atoms with van der Waals surface area (Å²) >= 11 is 0. The quantitative estimate of drug-likeness (QED) is 0.495. The molecule has 88 valence electrons. The second kappa shape index (κ2) is 5.40. The highest BCUT2D eigenvalue weighted by Gasteiger charge is 2.22. The number of nitrogens with one attached hydrogen (secondary N) is 2. The van der Waals surface area contributed by atoms with Gasteiger partial charge in [-0.05, 0) is 0 Å². The molecular weight excluding hydrogens is 220 g/mol. The van der Waals surface area contributed by atoms with Gasteiger partial charge in [0.2, 0.25) is 5.91 Å². The lowest BCUT2D eigenvalue weighted by Crippen LogP contribution is -2.50. The molecule has 0 aromatic rings. The van der Waals surface area contributed by atoms with E-state index < -0.39 is 16.1 Å². The van der Waals surface area contributed by atoms with Crippen molar-refractivity contribution in [3.8, 4) is 0 Å². The summed E-state index contributed by atoms with van der Waals surface area (Å²) in [5.74, 6) is -0.516. The molecule has 0 aliphatic carbocycles. The molecule has 7 nitrogen and oxygen atoms in total. The van der Waals surface area contributed by atoms with Crippen LogP contribution in [0.4, 0.5) is 0 Å². The van der Waals surface area contributed by atoms with Crippen LogP contribution in [0.1, 0.15) is 6.42 Å². The van der Waals surface area contributed by atoms with Gasteiger partial charge in [0.1, 0.15) is 0 Å². The van der Waals surface area contributed by atoms with Crippen molar-refractivity contribution in [3.05, 3.63) is 0 Å². The van der Waals surface area contributed by atoms with Crippen LogP contribution in [0.5, 0.6) is 0 Å². The third kappa shape index (κ3) is 4.12. The van der Waals surface area contributed by atoms with Crippen LogP contribution in [0.15, 0.2) is 0 Å². The van der Waals surface area contributed by atoms with E-state index in [1.807, 2.05) is 0 Å². The van der Waals surface area contributed by atoms with Crippen molar-refractivity contribution >= 4 is 16.1 Å². The minimum Gasteiger partial charge on any atom is -0.370 e. The number of carbonyl (C=O) groups is 1. The van der Waals surface area contributed by atoms with Gasteiger partial charge in [-0.3, -0.25) is 4.79 Å². The maximum atomic E-state index is 11.6. The van der Waals surface area contributed by atoms with Crippen LogP contribution in [0, 0.1) is 0 Å². The third-order valence-corrected chi connectivity index (χ3v) is 3.69. The van der Waals surface area contributed by atoms with Crippen molar-refractivity contribution < 1.29 is 13.2 Å². The molecule has 1 heterocycles. The topological polar surface area (TPSA) is 105 Å². The molecule has 1 rings (SSSR count). The maximum absolute atomic E-state index is 11.6. The standard InChI is InChI=1S/C7H16N4O3S/c8-7(12)1-2-10-15(13,14)11-5-3-9-4-6-11/h9-10H,1-6H2,(H2,8,12). The van der Waals surface area contributed by atoms with E-state index in [0.717, 1.165) is 0 Å². The maximum Gasteiger partial charge on any atom is 0.279 e. The van der Waals surface area contributed by atoms with E-state index in [-0.39, 0.29) is 13.0 Å². The molecular formula is C7H16N4O3S. The number of carbonyl (C=O) groups excluding carboxylic acids is 1. The first kappa shape index (κ1) is 12.4. The molecule has 0 aromatic carbocycles. The summed E-state index contributed by atoms with van der Waals surface area (Å²) in [6.07, 6.45) is 0.0192. The van der Waals surface area contributed by atoms with Crippen molar-refractivity contribution in [2.45, 2.75) is 6.42 Å². The molecule has 1 amide bonds. The van der Waals surface area contributed by atoms with E-state index >= 15 is 0 Å². The number of piperazine rings is 1. The Morgan fingerprint density at radius 1 is 1.40 bits per heavy atom. The molecule has 0 saturated carbocycles. The Labute approximate surface area is 89.2 Å². The second-order valence-electron chi connectivity index (χ2n) is 3.26. The van der Waals surface area contributed by atoms with Crippen molar-refractivity contribution in [1.29, 1.82) is 0 Å². The number of amides is 1. The molecule has 0 radical (unpaired) electrons. The zero-order chi connectivity index (χ0) is 11.3. The van der Waals surface area contributed by atoms with Gasteiger partial charge in [-0.15, -0.1) is 0 Å². The zero-order valence-corrected chi connectivity index (χ0v) is 9.22. The second-order valence-corrected chi connectivity index (χ2v) is 5.02. The van der Waals surface area contributed by atoms with Gasteiger partial charge in [0.15, 0.2) is 0 Å². The molecule has 8 heteroatoms. The first-order valence-electron chi connectivity index (χ1n) is 4.76. The minimum absolute atomic E-state index is 0.0192. The van der Waals surface area contributed by atoms with Gasteiger partial charge in [0, 0.05) is 39.1 Å². The average Bonchev–Trinajstić information content (AvgIpc) is 2.18. The number of hydrogen-bond donors (Lipinski definition) is 3. The molecule has 4 N–H and O–H groups in total. The van der Waals surface area contributed by atoms with Gasteiger partial charge in [0.25, 0.3) is 10.2 Å². The van der Waals surface area contributed by atoms with Crippen LogP contribution >= 0.6 is 0 Å². The summed E-state index contributed by atoms with van der Waals surface area (Å²) in [6, 6.07) is 0. The van der Waals surface area contributed by atoms with E-state index in [9.17, 15) is 13.2 Å². The summed E-state index contributed by atoms with van der Waals surface area (Å²) in [4.78, 5) is 10.4. The molecule has 1 aliphatic heterocycles. The molecule has 0 bridgehead atoms. The number of primary amides is 1. The average molecular weight is 236 g/mol. The third-order valence-electron chi connectivity index (χ3n) is 2.07. The summed E-state index contributed by atoms with van der Waals surface area (Å²) < 4.78 is 26.9. The molecule has 0 atom stereocenters. The predicted molar refractivity (Wildman–Crippen MR) is 55.2 cm³/mol. The van der Waals surface area contributed by atoms with Gasteiger partial charge < -0.3 is 11.1 Å². The lowest BCUT2D eigenvalue weighted by Gasteiger charge is -2.26. The van der Waals surface area contributed by atoms with Crippen LogP contribution in [-0.2, 0) is 15.0 Å². The van der Waals surface area contributed by atoms with Crippen molar-refractivity contribution in [3.63, 3.8) is 0 Å². The molecule has 1 saturated heterocycles. The Morgan fingerprint density at radius 3 is 2.53 bits per heavy atom. The number of nitrogens with zero attached hydrogens (tertiary/aromatic N) is 1. The van der Waals surface area contributed by atoms with Crippen LogP contribution in [-0.4, -0.2) is 51.4 Å². The molecule has 1 fully saturated rings. The Kier molecular flexibility index (Phi) is 4.45.